The lowest BCUT2D eigenvalue weighted by atomic mass is 9.97. The van der Waals surface area contributed by atoms with Crippen molar-refractivity contribution in [2.24, 2.45) is 0 Å². The molecular weight excluding hydrogens is 238 g/mol. The third-order valence-electron chi connectivity index (χ3n) is 3.85. The molecule has 4 heteroatoms. The van der Waals surface area contributed by atoms with Crippen molar-refractivity contribution in [2.75, 3.05) is 0 Å². The lowest BCUT2D eigenvalue weighted by Crippen LogP contribution is -2.27. The van der Waals surface area contributed by atoms with Crippen molar-refractivity contribution < 1.29 is 0 Å². The summed E-state index contributed by atoms with van der Waals surface area (Å²) >= 11 is 0. The second kappa shape index (κ2) is 3.82. The molecule has 3 heterocycles. The highest BCUT2D eigenvalue weighted by molar-refractivity contribution is 5.80. The molecule has 0 saturated heterocycles. The Bertz CT molecular complexity index is 801. The molecular formula is C15H13N3O. The summed E-state index contributed by atoms with van der Waals surface area (Å²) in [7, 11) is 0. The predicted octanol–water partition coefficient (Wildman–Crippen LogP) is 2.26. The van der Waals surface area contributed by atoms with Crippen molar-refractivity contribution in [3.8, 4) is 0 Å². The summed E-state index contributed by atoms with van der Waals surface area (Å²) in [5.41, 5.74) is 4.11. The first kappa shape index (κ1) is 10.6. The summed E-state index contributed by atoms with van der Waals surface area (Å²) in [6.45, 7) is 0. The Labute approximate surface area is 109 Å². The molecule has 0 bridgehead atoms. The van der Waals surface area contributed by atoms with E-state index in [0.29, 0.717) is 0 Å². The smallest absolute Gasteiger partial charge is 0.306 e. The molecule has 4 rings (SSSR count). The first-order valence-electron chi connectivity index (χ1n) is 6.47. The molecule has 1 unspecified atom stereocenters. The molecule has 4 nitrogen and oxygen atoms in total. The second-order valence-electron chi connectivity index (χ2n) is 4.92. The zero-order valence-corrected chi connectivity index (χ0v) is 10.3. The quantitative estimate of drug-likeness (QED) is 0.721. The van der Waals surface area contributed by atoms with Crippen LogP contribution in [0.25, 0.3) is 11.0 Å². The molecule has 94 valence electrons. The number of aryl methyl sites for hydroxylation is 1. The molecule has 0 saturated carbocycles. The lowest BCUT2D eigenvalue weighted by molar-refractivity contribution is 0.509. The number of pyridine rings is 1. The number of aromatic nitrogens is 3. The van der Waals surface area contributed by atoms with Gasteiger partial charge in [-0.15, -0.1) is 0 Å². The Hall–Kier alpha value is -2.36. The van der Waals surface area contributed by atoms with Gasteiger partial charge in [0, 0.05) is 6.20 Å². The van der Waals surface area contributed by atoms with Gasteiger partial charge < -0.3 is 4.98 Å². The second-order valence-corrected chi connectivity index (χ2v) is 4.92. The molecule has 1 aliphatic rings. The van der Waals surface area contributed by atoms with Crippen LogP contribution in [0.1, 0.15) is 23.7 Å². The lowest BCUT2D eigenvalue weighted by Gasteiger charge is -2.23. The van der Waals surface area contributed by atoms with Gasteiger partial charge in [-0.3, -0.25) is 9.55 Å². The Morgan fingerprint density at radius 3 is 3.00 bits per heavy atom. The van der Waals surface area contributed by atoms with Gasteiger partial charge in [-0.05, 0) is 36.6 Å². The van der Waals surface area contributed by atoms with Crippen molar-refractivity contribution >= 4 is 11.0 Å². The summed E-state index contributed by atoms with van der Waals surface area (Å²) in [4.78, 5) is 19.6. The number of hydrogen-bond acceptors (Lipinski definition) is 2. The van der Waals surface area contributed by atoms with Gasteiger partial charge >= 0.3 is 5.69 Å². The van der Waals surface area contributed by atoms with Crippen LogP contribution in [0.3, 0.4) is 0 Å². The van der Waals surface area contributed by atoms with E-state index in [9.17, 15) is 4.79 Å². The Kier molecular flexibility index (Phi) is 2.12. The number of imidazole rings is 1. The summed E-state index contributed by atoms with van der Waals surface area (Å²) in [5.74, 6) is 0. The van der Waals surface area contributed by atoms with E-state index < -0.39 is 0 Å². The van der Waals surface area contributed by atoms with Gasteiger partial charge in [0.15, 0.2) is 0 Å². The Morgan fingerprint density at radius 1 is 1.21 bits per heavy atom. The minimum Gasteiger partial charge on any atom is -0.306 e. The van der Waals surface area contributed by atoms with Gasteiger partial charge in [-0.25, -0.2) is 4.79 Å². The van der Waals surface area contributed by atoms with E-state index in [2.05, 4.69) is 16.0 Å². The number of rotatable bonds is 1. The molecule has 1 atom stereocenters. The van der Waals surface area contributed by atoms with E-state index in [1.54, 1.807) is 6.20 Å². The molecule has 0 amide bonds. The molecule has 1 N–H and O–H groups in total. The van der Waals surface area contributed by atoms with Crippen LogP contribution in [0.4, 0.5) is 0 Å². The van der Waals surface area contributed by atoms with Crippen LogP contribution in [0.15, 0.2) is 47.4 Å². The summed E-state index contributed by atoms with van der Waals surface area (Å²) in [5, 5.41) is 0. The third-order valence-corrected chi connectivity index (χ3v) is 3.85. The van der Waals surface area contributed by atoms with E-state index in [1.807, 2.05) is 34.9 Å². The molecule has 0 aliphatic carbocycles. The highest BCUT2D eigenvalue weighted by Crippen LogP contribution is 2.31. The molecule has 19 heavy (non-hydrogen) atoms. The van der Waals surface area contributed by atoms with Gasteiger partial charge in [0.05, 0.1) is 22.8 Å². The zero-order chi connectivity index (χ0) is 12.8. The van der Waals surface area contributed by atoms with Gasteiger partial charge in [0.1, 0.15) is 0 Å². The van der Waals surface area contributed by atoms with Crippen LogP contribution < -0.4 is 5.69 Å². The van der Waals surface area contributed by atoms with E-state index in [0.717, 1.165) is 29.6 Å². The summed E-state index contributed by atoms with van der Waals surface area (Å²) in [6.07, 6.45) is 3.68. The van der Waals surface area contributed by atoms with Gasteiger partial charge in [-0.2, -0.15) is 0 Å². The Morgan fingerprint density at radius 2 is 2.16 bits per heavy atom. The minimum atomic E-state index is -0.0437. The van der Waals surface area contributed by atoms with E-state index in [-0.39, 0.29) is 11.7 Å². The highest BCUT2D eigenvalue weighted by Gasteiger charge is 2.25. The van der Waals surface area contributed by atoms with Crippen LogP contribution in [0.5, 0.6) is 0 Å². The van der Waals surface area contributed by atoms with E-state index >= 15 is 0 Å². The molecule has 0 spiro atoms. The molecule has 2 aromatic heterocycles. The average molecular weight is 251 g/mol. The van der Waals surface area contributed by atoms with Crippen molar-refractivity contribution in [1.82, 2.24) is 14.5 Å². The summed E-state index contributed by atoms with van der Waals surface area (Å²) < 4.78 is 1.86. The number of nitrogens with one attached hydrogen (secondary N) is 1. The minimum absolute atomic E-state index is 0.0392. The number of nitrogens with zero attached hydrogens (tertiary/aromatic N) is 2. The maximum atomic E-state index is 12.2. The monoisotopic (exact) mass is 251 g/mol. The fourth-order valence-electron chi connectivity index (χ4n) is 3.03. The number of aromatic amines is 1. The van der Waals surface area contributed by atoms with Crippen molar-refractivity contribution in [1.29, 1.82) is 0 Å². The topological polar surface area (TPSA) is 50.7 Å². The zero-order valence-electron chi connectivity index (χ0n) is 10.3. The largest absolute Gasteiger partial charge is 0.327 e. The maximum Gasteiger partial charge on any atom is 0.327 e. The number of benzene rings is 1. The highest BCUT2D eigenvalue weighted by atomic mass is 16.1. The van der Waals surface area contributed by atoms with Crippen LogP contribution in [0.2, 0.25) is 0 Å². The maximum absolute atomic E-state index is 12.2. The van der Waals surface area contributed by atoms with Crippen molar-refractivity contribution in [3.63, 3.8) is 0 Å². The summed E-state index contributed by atoms with van der Waals surface area (Å²) in [6, 6.07) is 12.0. The molecule has 3 aromatic rings. The number of para-hydroxylation sites is 1. The first-order valence-corrected chi connectivity index (χ1v) is 6.47. The van der Waals surface area contributed by atoms with Crippen LogP contribution in [-0.4, -0.2) is 14.5 Å². The molecule has 0 fully saturated rings. The average Bonchev–Trinajstić information content (AvgIpc) is 2.80. The number of H-pyrrole nitrogens is 1. The van der Waals surface area contributed by atoms with Gasteiger partial charge in [0.2, 0.25) is 0 Å². The van der Waals surface area contributed by atoms with Crippen LogP contribution in [-0.2, 0) is 6.42 Å². The molecule has 0 radical (unpaired) electrons. The fourth-order valence-corrected chi connectivity index (χ4v) is 3.03. The predicted molar refractivity (Wildman–Crippen MR) is 73.3 cm³/mol. The van der Waals surface area contributed by atoms with Crippen LogP contribution >= 0.6 is 0 Å². The van der Waals surface area contributed by atoms with Gasteiger partial charge in [-0.1, -0.05) is 18.2 Å². The third kappa shape index (κ3) is 1.46. The first-order chi connectivity index (χ1) is 9.34. The molecule has 1 aromatic carbocycles. The van der Waals surface area contributed by atoms with E-state index in [4.69, 9.17) is 0 Å². The van der Waals surface area contributed by atoms with E-state index in [1.165, 1.54) is 5.56 Å². The Balaban J connectivity index is 2.02. The SMILES string of the molecule is O=c1[nH]c2cccc3c2n1C(c1ccccn1)CC3. The van der Waals surface area contributed by atoms with Crippen molar-refractivity contribution in [2.45, 2.75) is 18.9 Å². The van der Waals surface area contributed by atoms with Gasteiger partial charge in [0.25, 0.3) is 0 Å². The standard InChI is InChI=1S/C15H13N3O/c19-15-17-12-6-3-4-10-7-8-13(18(15)14(10)12)11-5-1-2-9-16-11/h1-6,9,13H,7-8H2,(H,17,19). The molecule has 1 aliphatic heterocycles. The van der Waals surface area contributed by atoms with Crippen molar-refractivity contribution in [3.05, 3.63) is 64.3 Å². The van der Waals surface area contributed by atoms with Crippen LogP contribution in [0, 0.1) is 0 Å². The fraction of sp³-hybridized carbons (Fsp3) is 0.200. The number of hydrogen-bond donors (Lipinski definition) is 1. The normalized spacial score (nSPS) is 17.8.